The number of hydrogen-bond donors (Lipinski definition) is 0. The standard InChI is InChI=1S/C19H22FN5O2/c1-12(2)17-21-18(27-24-17)13-6-8-25(9-7-13)11-16-22-23-19(26-16)14-4-3-5-15(20)10-14/h3-5,10,12-13H,6-9,11H2,1-2H3. The quantitative estimate of drug-likeness (QED) is 0.675. The van der Waals surface area contributed by atoms with Crippen LogP contribution in [0.4, 0.5) is 4.39 Å². The molecule has 0 unspecified atom stereocenters. The summed E-state index contributed by atoms with van der Waals surface area (Å²) in [5, 5.41) is 12.2. The maximum Gasteiger partial charge on any atom is 0.247 e. The van der Waals surface area contributed by atoms with Crippen molar-refractivity contribution < 1.29 is 13.3 Å². The molecular formula is C19H22FN5O2. The van der Waals surface area contributed by atoms with E-state index in [2.05, 4.69) is 39.1 Å². The zero-order chi connectivity index (χ0) is 18.8. The van der Waals surface area contributed by atoms with Crippen LogP contribution in [0.1, 0.15) is 56.1 Å². The number of hydrogen-bond acceptors (Lipinski definition) is 7. The molecule has 4 rings (SSSR count). The van der Waals surface area contributed by atoms with Crippen molar-refractivity contribution in [2.24, 2.45) is 0 Å². The molecule has 7 nitrogen and oxygen atoms in total. The first-order valence-corrected chi connectivity index (χ1v) is 9.22. The molecule has 1 fully saturated rings. The van der Waals surface area contributed by atoms with Crippen molar-refractivity contribution in [3.63, 3.8) is 0 Å². The lowest BCUT2D eigenvalue weighted by atomic mass is 9.97. The Bertz CT molecular complexity index is 899. The summed E-state index contributed by atoms with van der Waals surface area (Å²) in [6.07, 6.45) is 1.90. The van der Waals surface area contributed by atoms with E-state index >= 15 is 0 Å². The first-order chi connectivity index (χ1) is 13.1. The molecule has 0 atom stereocenters. The molecule has 3 heterocycles. The molecule has 0 amide bonds. The van der Waals surface area contributed by atoms with E-state index < -0.39 is 0 Å². The van der Waals surface area contributed by atoms with Gasteiger partial charge in [0.05, 0.1) is 6.54 Å². The van der Waals surface area contributed by atoms with Crippen LogP contribution in [-0.2, 0) is 6.54 Å². The Morgan fingerprint density at radius 2 is 2.04 bits per heavy atom. The molecule has 1 aliphatic rings. The fraction of sp³-hybridized carbons (Fsp3) is 0.474. The summed E-state index contributed by atoms with van der Waals surface area (Å²) in [4.78, 5) is 6.78. The van der Waals surface area contributed by atoms with Crippen LogP contribution in [0.25, 0.3) is 11.5 Å². The number of rotatable bonds is 5. The Labute approximate surface area is 156 Å². The molecule has 0 N–H and O–H groups in total. The van der Waals surface area contributed by atoms with Crippen molar-refractivity contribution in [3.05, 3.63) is 47.7 Å². The summed E-state index contributed by atoms with van der Waals surface area (Å²) in [5.74, 6) is 2.63. The third-order valence-corrected chi connectivity index (χ3v) is 4.81. The molecule has 0 aliphatic carbocycles. The van der Waals surface area contributed by atoms with Gasteiger partial charge in [-0.15, -0.1) is 10.2 Å². The summed E-state index contributed by atoms with van der Waals surface area (Å²) in [6, 6.07) is 6.15. The fourth-order valence-electron chi connectivity index (χ4n) is 3.23. The van der Waals surface area contributed by atoms with Gasteiger partial charge in [-0.1, -0.05) is 25.1 Å². The van der Waals surface area contributed by atoms with Crippen LogP contribution in [-0.4, -0.2) is 38.3 Å². The first-order valence-electron chi connectivity index (χ1n) is 9.22. The largest absolute Gasteiger partial charge is 0.419 e. The third kappa shape index (κ3) is 4.05. The molecule has 8 heteroatoms. The zero-order valence-electron chi connectivity index (χ0n) is 15.4. The molecule has 1 saturated heterocycles. The van der Waals surface area contributed by atoms with Gasteiger partial charge in [0.1, 0.15) is 5.82 Å². The molecule has 0 bridgehead atoms. The highest BCUT2D eigenvalue weighted by molar-refractivity contribution is 5.52. The van der Waals surface area contributed by atoms with Crippen LogP contribution < -0.4 is 0 Å². The molecule has 27 heavy (non-hydrogen) atoms. The van der Waals surface area contributed by atoms with Gasteiger partial charge in [0, 0.05) is 17.4 Å². The van der Waals surface area contributed by atoms with Crippen molar-refractivity contribution in [2.75, 3.05) is 13.1 Å². The lowest BCUT2D eigenvalue weighted by Crippen LogP contribution is -2.32. The van der Waals surface area contributed by atoms with Crippen molar-refractivity contribution in [2.45, 2.75) is 45.1 Å². The SMILES string of the molecule is CC(C)c1noc(C2CCN(Cc3nnc(-c4cccc(F)c4)o3)CC2)n1. The van der Waals surface area contributed by atoms with Gasteiger partial charge in [0.25, 0.3) is 0 Å². The number of nitrogens with zero attached hydrogens (tertiary/aromatic N) is 5. The predicted octanol–water partition coefficient (Wildman–Crippen LogP) is 3.76. The smallest absolute Gasteiger partial charge is 0.247 e. The van der Waals surface area contributed by atoms with Gasteiger partial charge in [0.15, 0.2) is 5.82 Å². The van der Waals surface area contributed by atoms with Crippen molar-refractivity contribution in [1.29, 1.82) is 0 Å². The maximum absolute atomic E-state index is 13.3. The lowest BCUT2D eigenvalue weighted by molar-refractivity contribution is 0.174. The van der Waals surface area contributed by atoms with Gasteiger partial charge < -0.3 is 8.94 Å². The van der Waals surface area contributed by atoms with Crippen LogP contribution in [0.5, 0.6) is 0 Å². The molecular weight excluding hydrogens is 349 g/mol. The average Bonchev–Trinajstić information content (AvgIpc) is 3.32. The molecule has 0 saturated carbocycles. The normalized spacial score (nSPS) is 16.3. The highest BCUT2D eigenvalue weighted by atomic mass is 19.1. The fourth-order valence-corrected chi connectivity index (χ4v) is 3.23. The van der Waals surface area contributed by atoms with Gasteiger partial charge >= 0.3 is 0 Å². The Morgan fingerprint density at radius 1 is 1.22 bits per heavy atom. The summed E-state index contributed by atoms with van der Waals surface area (Å²) < 4.78 is 24.5. The molecule has 0 radical (unpaired) electrons. The maximum atomic E-state index is 13.3. The summed E-state index contributed by atoms with van der Waals surface area (Å²) in [5.41, 5.74) is 0.588. The third-order valence-electron chi connectivity index (χ3n) is 4.81. The number of piperidine rings is 1. The number of benzene rings is 1. The summed E-state index contributed by atoms with van der Waals surface area (Å²) in [7, 11) is 0. The van der Waals surface area contributed by atoms with Crippen molar-refractivity contribution in [1.82, 2.24) is 25.2 Å². The minimum atomic E-state index is -0.323. The van der Waals surface area contributed by atoms with Gasteiger partial charge in [-0.2, -0.15) is 4.98 Å². The Balaban J connectivity index is 1.34. The predicted molar refractivity (Wildman–Crippen MR) is 95.3 cm³/mol. The monoisotopic (exact) mass is 371 g/mol. The molecule has 1 aliphatic heterocycles. The number of aromatic nitrogens is 4. The van der Waals surface area contributed by atoms with E-state index in [1.807, 2.05) is 0 Å². The molecule has 2 aromatic heterocycles. The second-order valence-electron chi connectivity index (χ2n) is 7.21. The van der Waals surface area contributed by atoms with Crippen molar-refractivity contribution >= 4 is 0 Å². The van der Waals surface area contributed by atoms with E-state index in [1.54, 1.807) is 12.1 Å². The topological polar surface area (TPSA) is 81.1 Å². The lowest BCUT2D eigenvalue weighted by Gasteiger charge is -2.28. The van der Waals surface area contributed by atoms with E-state index in [1.165, 1.54) is 12.1 Å². The summed E-state index contributed by atoms with van der Waals surface area (Å²) >= 11 is 0. The molecule has 3 aromatic rings. The minimum absolute atomic E-state index is 0.271. The second-order valence-corrected chi connectivity index (χ2v) is 7.21. The van der Waals surface area contributed by atoms with Crippen LogP contribution >= 0.6 is 0 Å². The van der Waals surface area contributed by atoms with E-state index in [9.17, 15) is 4.39 Å². The van der Waals surface area contributed by atoms with E-state index in [0.717, 1.165) is 37.6 Å². The van der Waals surface area contributed by atoms with E-state index in [4.69, 9.17) is 8.94 Å². The number of likely N-dealkylation sites (tertiary alicyclic amines) is 1. The van der Waals surface area contributed by atoms with Crippen LogP contribution in [0.3, 0.4) is 0 Å². The Kier molecular flexibility index (Phi) is 4.98. The highest BCUT2D eigenvalue weighted by Gasteiger charge is 2.26. The van der Waals surface area contributed by atoms with Crippen LogP contribution in [0.2, 0.25) is 0 Å². The van der Waals surface area contributed by atoms with Crippen molar-refractivity contribution in [3.8, 4) is 11.5 Å². The summed E-state index contributed by atoms with van der Waals surface area (Å²) in [6.45, 7) is 6.47. The van der Waals surface area contributed by atoms with Gasteiger partial charge in [0.2, 0.25) is 17.7 Å². The van der Waals surface area contributed by atoms with Gasteiger partial charge in [-0.05, 0) is 44.1 Å². The highest BCUT2D eigenvalue weighted by Crippen LogP contribution is 2.28. The second kappa shape index (κ2) is 7.56. The zero-order valence-corrected chi connectivity index (χ0v) is 15.4. The van der Waals surface area contributed by atoms with E-state index in [-0.39, 0.29) is 11.7 Å². The van der Waals surface area contributed by atoms with Gasteiger partial charge in [-0.3, -0.25) is 4.90 Å². The molecule has 1 aromatic carbocycles. The molecule has 142 valence electrons. The van der Waals surface area contributed by atoms with Crippen LogP contribution in [0, 0.1) is 5.82 Å². The Hall–Kier alpha value is -2.61. The molecule has 0 spiro atoms. The van der Waals surface area contributed by atoms with E-state index in [0.29, 0.717) is 29.8 Å². The number of halogens is 1. The Morgan fingerprint density at radius 3 is 2.74 bits per heavy atom. The first kappa shape index (κ1) is 17.8. The minimum Gasteiger partial charge on any atom is -0.419 e. The average molecular weight is 371 g/mol. The van der Waals surface area contributed by atoms with Crippen LogP contribution in [0.15, 0.2) is 33.2 Å². The van der Waals surface area contributed by atoms with Gasteiger partial charge in [-0.25, -0.2) is 4.39 Å².